The highest BCUT2D eigenvalue weighted by molar-refractivity contribution is 5.12. The molecule has 0 aromatic carbocycles. The van der Waals surface area contributed by atoms with Crippen molar-refractivity contribution in [2.45, 2.75) is 25.8 Å². The van der Waals surface area contributed by atoms with Crippen molar-refractivity contribution in [3.63, 3.8) is 0 Å². The molecule has 0 spiro atoms. The molecule has 0 aromatic rings. The van der Waals surface area contributed by atoms with Crippen LogP contribution in [0.15, 0.2) is 12.2 Å². The number of likely N-dealkylation sites (N-methyl/N-ethyl adjacent to an activating group) is 1. The number of hydrogen-bond acceptors (Lipinski definition) is 2. The number of hydrogen-bond donors (Lipinski definition) is 1. The van der Waals surface area contributed by atoms with Gasteiger partial charge in [-0.2, -0.15) is 0 Å². The van der Waals surface area contributed by atoms with Gasteiger partial charge >= 0.3 is 0 Å². The molecule has 2 aliphatic carbocycles. The minimum absolute atomic E-state index is 0.781. The summed E-state index contributed by atoms with van der Waals surface area (Å²) in [6, 6.07) is 0.781. The lowest BCUT2D eigenvalue weighted by Crippen LogP contribution is -2.49. The highest BCUT2D eigenvalue weighted by atomic mass is 15.1. The number of rotatable bonds is 5. The highest BCUT2D eigenvalue weighted by Crippen LogP contribution is 2.42. The van der Waals surface area contributed by atoms with Gasteiger partial charge in [0.25, 0.3) is 0 Å². The topological polar surface area (TPSA) is 15.3 Å². The molecule has 1 saturated carbocycles. The summed E-state index contributed by atoms with van der Waals surface area (Å²) in [4.78, 5) is 2.35. The average molecular weight is 194 g/mol. The molecule has 1 fully saturated rings. The molecule has 0 heterocycles. The second kappa shape index (κ2) is 4.45. The van der Waals surface area contributed by atoms with Crippen molar-refractivity contribution in [1.82, 2.24) is 10.2 Å². The van der Waals surface area contributed by atoms with Crippen LogP contribution in [0.25, 0.3) is 0 Å². The Labute approximate surface area is 87.4 Å². The molecule has 2 aliphatic rings. The van der Waals surface area contributed by atoms with Gasteiger partial charge in [-0.15, -0.1) is 0 Å². The summed E-state index contributed by atoms with van der Waals surface area (Å²) in [7, 11) is 2.18. The Morgan fingerprint density at radius 2 is 2.36 bits per heavy atom. The van der Waals surface area contributed by atoms with E-state index < -0.39 is 0 Å². The zero-order valence-electron chi connectivity index (χ0n) is 9.37. The van der Waals surface area contributed by atoms with Crippen LogP contribution in [0.2, 0.25) is 0 Å². The largest absolute Gasteiger partial charge is 0.312 e. The summed E-state index contributed by atoms with van der Waals surface area (Å²) in [5.41, 5.74) is 0. The van der Waals surface area contributed by atoms with Crippen molar-refractivity contribution in [3.8, 4) is 0 Å². The molecule has 2 heteroatoms. The SMILES string of the molecule is CCN(C)CCNC1CC2CC=CC21. The first-order chi connectivity index (χ1) is 6.81. The van der Waals surface area contributed by atoms with E-state index in [0.29, 0.717) is 0 Å². The van der Waals surface area contributed by atoms with Crippen molar-refractivity contribution in [1.29, 1.82) is 0 Å². The maximum Gasteiger partial charge on any atom is 0.0136 e. The van der Waals surface area contributed by atoms with Crippen LogP contribution in [0.3, 0.4) is 0 Å². The molecule has 0 bridgehead atoms. The molecule has 2 rings (SSSR count). The zero-order valence-corrected chi connectivity index (χ0v) is 9.37. The van der Waals surface area contributed by atoms with Crippen molar-refractivity contribution >= 4 is 0 Å². The molecule has 0 aromatic heterocycles. The van der Waals surface area contributed by atoms with Gasteiger partial charge in [0.05, 0.1) is 0 Å². The predicted molar refractivity (Wildman–Crippen MR) is 60.3 cm³/mol. The molecular formula is C12H22N2. The van der Waals surface area contributed by atoms with Crippen LogP contribution < -0.4 is 5.32 Å². The van der Waals surface area contributed by atoms with Gasteiger partial charge in [-0.05, 0) is 38.3 Å². The van der Waals surface area contributed by atoms with Gasteiger partial charge in [-0.25, -0.2) is 0 Å². The molecule has 2 nitrogen and oxygen atoms in total. The van der Waals surface area contributed by atoms with Crippen LogP contribution in [0, 0.1) is 11.8 Å². The van der Waals surface area contributed by atoms with Crippen LogP contribution in [0.5, 0.6) is 0 Å². The molecular weight excluding hydrogens is 172 g/mol. The number of fused-ring (bicyclic) bond motifs is 1. The standard InChI is InChI=1S/C12H22N2/c1-3-14(2)8-7-13-12-9-10-5-4-6-11(10)12/h4,6,10-13H,3,5,7-9H2,1-2H3. The van der Waals surface area contributed by atoms with Crippen LogP contribution >= 0.6 is 0 Å². The Kier molecular flexibility index (Phi) is 3.24. The monoisotopic (exact) mass is 194 g/mol. The molecule has 80 valence electrons. The van der Waals surface area contributed by atoms with Crippen molar-refractivity contribution in [2.75, 3.05) is 26.7 Å². The van der Waals surface area contributed by atoms with Crippen molar-refractivity contribution in [3.05, 3.63) is 12.2 Å². The fourth-order valence-corrected chi connectivity index (χ4v) is 2.55. The van der Waals surface area contributed by atoms with Gasteiger partial charge in [0.15, 0.2) is 0 Å². The van der Waals surface area contributed by atoms with E-state index in [4.69, 9.17) is 0 Å². The third-order valence-corrected chi connectivity index (χ3v) is 3.80. The van der Waals surface area contributed by atoms with Crippen LogP contribution in [-0.4, -0.2) is 37.6 Å². The van der Waals surface area contributed by atoms with Crippen LogP contribution in [0.1, 0.15) is 19.8 Å². The first-order valence-corrected chi connectivity index (χ1v) is 5.90. The summed E-state index contributed by atoms with van der Waals surface area (Å²) in [5.74, 6) is 1.85. The quantitative estimate of drug-likeness (QED) is 0.667. The molecule has 0 saturated heterocycles. The summed E-state index contributed by atoms with van der Waals surface area (Å²) in [6.07, 6.45) is 7.50. The maximum absolute atomic E-state index is 3.66. The predicted octanol–water partition coefficient (Wildman–Crippen LogP) is 1.49. The minimum atomic E-state index is 0.781. The Morgan fingerprint density at radius 3 is 3.07 bits per heavy atom. The van der Waals surface area contributed by atoms with E-state index in [9.17, 15) is 0 Å². The summed E-state index contributed by atoms with van der Waals surface area (Å²) >= 11 is 0. The van der Waals surface area contributed by atoms with E-state index in [-0.39, 0.29) is 0 Å². The molecule has 0 radical (unpaired) electrons. The number of nitrogens with one attached hydrogen (secondary N) is 1. The fourth-order valence-electron chi connectivity index (χ4n) is 2.55. The van der Waals surface area contributed by atoms with Crippen LogP contribution in [-0.2, 0) is 0 Å². The van der Waals surface area contributed by atoms with E-state index in [0.717, 1.165) is 31.0 Å². The fraction of sp³-hybridized carbons (Fsp3) is 0.833. The molecule has 1 N–H and O–H groups in total. The van der Waals surface area contributed by atoms with Crippen LogP contribution in [0.4, 0.5) is 0 Å². The van der Waals surface area contributed by atoms with Gasteiger partial charge in [0.1, 0.15) is 0 Å². The second-order valence-corrected chi connectivity index (χ2v) is 4.69. The molecule has 14 heavy (non-hydrogen) atoms. The van der Waals surface area contributed by atoms with E-state index in [1.165, 1.54) is 19.4 Å². The maximum atomic E-state index is 3.66. The minimum Gasteiger partial charge on any atom is -0.312 e. The Hall–Kier alpha value is -0.340. The summed E-state index contributed by atoms with van der Waals surface area (Å²) in [5, 5.41) is 3.66. The smallest absolute Gasteiger partial charge is 0.0136 e. The number of nitrogens with zero attached hydrogens (tertiary/aromatic N) is 1. The van der Waals surface area contributed by atoms with E-state index in [1.54, 1.807) is 0 Å². The molecule has 0 amide bonds. The summed E-state index contributed by atoms with van der Waals surface area (Å²) in [6.45, 7) is 5.68. The molecule has 3 atom stereocenters. The van der Waals surface area contributed by atoms with E-state index >= 15 is 0 Å². The first-order valence-electron chi connectivity index (χ1n) is 5.90. The van der Waals surface area contributed by atoms with Gasteiger partial charge in [-0.1, -0.05) is 19.1 Å². The average Bonchev–Trinajstić information content (AvgIpc) is 2.54. The van der Waals surface area contributed by atoms with Crippen molar-refractivity contribution < 1.29 is 0 Å². The normalized spacial score (nSPS) is 34.6. The Balaban J connectivity index is 1.61. The highest BCUT2D eigenvalue weighted by Gasteiger charge is 2.40. The van der Waals surface area contributed by atoms with Gasteiger partial charge in [-0.3, -0.25) is 0 Å². The Bertz CT molecular complexity index is 212. The Morgan fingerprint density at radius 1 is 1.50 bits per heavy atom. The summed E-state index contributed by atoms with van der Waals surface area (Å²) < 4.78 is 0. The van der Waals surface area contributed by atoms with Crippen molar-refractivity contribution in [2.24, 2.45) is 11.8 Å². The third kappa shape index (κ3) is 2.01. The number of allylic oxidation sites excluding steroid dienone is 1. The lowest BCUT2D eigenvalue weighted by molar-refractivity contribution is 0.159. The first kappa shape index (κ1) is 10.2. The lowest BCUT2D eigenvalue weighted by atomic mass is 9.71. The molecule has 3 unspecified atom stereocenters. The zero-order chi connectivity index (χ0) is 9.97. The molecule has 0 aliphatic heterocycles. The van der Waals surface area contributed by atoms with E-state index in [2.05, 4.69) is 36.3 Å². The second-order valence-electron chi connectivity index (χ2n) is 4.69. The lowest BCUT2D eigenvalue weighted by Gasteiger charge is -2.41. The van der Waals surface area contributed by atoms with Gasteiger partial charge < -0.3 is 10.2 Å². The third-order valence-electron chi connectivity index (χ3n) is 3.80. The van der Waals surface area contributed by atoms with E-state index in [1.807, 2.05) is 0 Å². The van der Waals surface area contributed by atoms with Gasteiger partial charge in [0.2, 0.25) is 0 Å². The van der Waals surface area contributed by atoms with Gasteiger partial charge in [0, 0.05) is 19.1 Å².